The lowest BCUT2D eigenvalue weighted by atomic mass is 9.99. The van der Waals surface area contributed by atoms with Crippen LogP contribution in [0, 0.1) is 6.92 Å². The van der Waals surface area contributed by atoms with Gasteiger partial charge in [0.15, 0.2) is 5.75 Å². The summed E-state index contributed by atoms with van der Waals surface area (Å²) in [5.74, 6) is -3.56. The van der Waals surface area contributed by atoms with Crippen LogP contribution in [0.4, 0.5) is 39.5 Å². The Morgan fingerprint density at radius 1 is 0.929 bits per heavy atom. The van der Waals surface area contributed by atoms with E-state index in [9.17, 15) is 53.9 Å². The van der Waals surface area contributed by atoms with Gasteiger partial charge in [-0.15, -0.1) is 0 Å². The molecular weight excluding hydrogens is 613 g/mol. The molecule has 17 heteroatoms. The van der Waals surface area contributed by atoms with Crippen molar-refractivity contribution in [2.45, 2.75) is 38.3 Å². The molecular formula is C25H19ClF9N3O4. The van der Waals surface area contributed by atoms with Gasteiger partial charge in [-0.3, -0.25) is 19.3 Å². The normalized spacial score (nSPS) is 15.4. The van der Waals surface area contributed by atoms with Crippen molar-refractivity contribution in [2.24, 2.45) is 5.16 Å². The highest BCUT2D eigenvalue weighted by Crippen LogP contribution is 2.34. The zero-order valence-electron chi connectivity index (χ0n) is 21.3. The van der Waals surface area contributed by atoms with Gasteiger partial charge in [0.25, 0.3) is 5.91 Å². The highest BCUT2D eigenvalue weighted by molar-refractivity contribution is 6.30. The molecule has 0 radical (unpaired) electrons. The van der Waals surface area contributed by atoms with Crippen LogP contribution in [-0.4, -0.2) is 65.2 Å². The number of nitrogens with zero attached hydrogens (tertiary/aromatic N) is 3. The minimum Gasteiger partial charge on any atom is -0.357 e. The lowest BCUT2D eigenvalue weighted by Gasteiger charge is -2.33. The zero-order chi connectivity index (χ0) is 31.6. The molecule has 3 rings (SSSR count). The van der Waals surface area contributed by atoms with Crippen LogP contribution in [0.2, 0.25) is 5.02 Å². The van der Waals surface area contributed by atoms with Crippen molar-refractivity contribution in [3.63, 3.8) is 0 Å². The fourth-order valence-electron chi connectivity index (χ4n) is 3.84. The molecule has 42 heavy (non-hydrogen) atoms. The van der Waals surface area contributed by atoms with Crippen molar-refractivity contribution >= 4 is 35.0 Å². The number of hydrogen-bond acceptors (Lipinski definition) is 5. The summed E-state index contributed by atoms with van der Waals surface area (Å²) in [5.41, 5.74) is -2.28. The highest BCUT2D eigenvalue weighted by Gasteiger charge is 2.37. The molecule has 0 N–H and O–H groups in total. The Kier molecular flexibility index (Phi) is 9.49. The van der Waals surface area contributed by atoms with E-state index in [1.165, 1.54) is 6.92 Å². The number of benzene rings is 2. The average molecular weight is 632 g/mol. The van der Waals surface area contributed by atoms with Crippen LogP contribution < -0.4 is 4.84 Å². The molecule has 0 unspecified atom stereocenters. The van der Waals surface area contributed by atoms with Crippen LogP contribution in [0.5, 0.6) is 5.75 Å². The number of amides is 3. The largest absolute Gasteiger partial charge is 0.416 e. The highest BCUT2D eigenvalue weighted by atomic mass is 35.5. The van der Waals surface area contributed by atoms with Crippen molar-refractivity contribution < 1.29 is 58.7 Å². The summed E-state index contributed by atoms with van der Waals surface area (Å²) in [7, 11) is 0. The van der Waals surface area contributed by atoms with Crippen molar-refractivity contribution in [2.75, 3.05) is 19.6 Å². The van der Waals surface area contributed by atoms with E-state index in [1.807, 2.05) is 0 Å². The minimum atomic E-state index is -4.83. The molecule has 1 aliphatic rings. The topological polar surface area (TPSA) is 79.3 Å². The zero-order valence-corrected chi connectivity index (χ0v) is 22.0. The summed E-state index contributed by atoms with van der Waals surface area (Å²) >= 11 is 5.65. The first-order chi connectivity index (χ1) is 19.2. The first-order valence-electron chi connectivity index (χ1n) is 11.7. The molecule has 1 heterocycles. The van der Waals surface area contributed by atoms with Gasteiger partial charge in [-0.05, 0) is 42.3 Å². The predicted molar refractivity (Wildman–Crippen MR) is 129 cm³/mol. The molecule has 0 atom stereocenters. The van der Waals surface area contributed by atoms with Crippen LogP contribution in [0.3, 0.4) is 0 Å². The summed E-state index contributed by atoms with van der Waals surface area (Å²) in [5, 5.41) is 2.97. The van der Waals surface area contributed by atoms with E-state index in [1.54, 1.807) is 0 Å². The molecule has 2 aromatic carbocycles. The molecule has 228 valence electrons. The van der Waals surface area contributed by atoms with Crippen LogP contribution in [0.1, 0.15) is 39.9 Å². The number of carbonyl (C=O) groups is 3. The van der Waals surface area contributed by atoms with Gasteiger partial charge < -0.3 is 9.74 Å². The third-order valence-corrected chi connectivity index (χ3v) is 6.00. The van der Waals surface area contributed by atoms with Gasteiger partial charge in [0.1, 0.15) is 13.1 Å². The van der Waals surface area contributed by atoms with Crippen LogP contribution >= 0.6 is 11.6 Å². The predicted octanol–water partition coefficient (Wildman–Crippen LogP) is 6.17. The molecule has 1 aliphatic heterocycles. The van der Waals surface area contributed by atoms with Gasteiger partial charge in [-0.25, -0.2) is 0 Å². The van der Waals surface area contributed by atoms with Gasteiger partial charge in [-0.1, -0.05) is 22.8 Å². The number of alkyl halides is 9. The second-order valence-corrected chi connectivity index (χ2v) is 9.53. The number of aryl methyl sites for hydroxylation is 1. The molecule has 0 bridgehead atoms. The van der Waals surface area contributed by atoms with E-state index in [2.05, 4.69) is 5.16 Å². The average Bonchev–Trinajstić information content (AvgIpc) is 2.83. The Labute approximate surface area is 236 Å². The molecule has 0 saturated carbocycles. The Hall–Kier alpha value is -3.82. The summed E-state index contributed by atoms with van der Waals surface area (Å²) < 4.78 is 116. The molecule has 0 spiro atoms. The molecule has 2 aromatic rings. The number of imide groups is 1. The van der Waals surface area contributed by atoms with Gasteiger partial charge in [-0.2, -0.15) is 39.5 Å². The smallest absolute Gasteiger partial charge is 0.357 e. The molecule has 1 fully saturated rings. The first kappa shape index (κ1) is 32.7. The number of rotatable bonds is 7. The van der Waals surface area contributed by atoms with E-state index in [-0.39, 0.29) is 16.7 Å². The lowest BCUT2D eigenvalue weighted by Crippen LogP contribution is -2.56. The van der Waals surface area contributed by atoms with E-state index in [0.717, 1.165) is 29.2 Å². The molecule has 0 aromatic heterocycles. The molecule has 0 aliphatic carbocycles. The summed E-state index contributed by atoms with van der Waals surface area (Å²) in [6.45, 7) is -1.01. The molecule has 7 nitrogen and oxygen atoms in total. The standard InChI is InChI=1S/C25H19ClF9N3O4/c1-13-6-14(19(10-24(30,31)32)36-42-17-8-15(25(33,34)35)7-16(26)9-17)2-3-18(13)22(41)37-11-20(39)38(21(40)12-37)5-4-23(27,28)29/h2-3,6-9H,4-5,10-12H2,1H3/b36-19+. The fourth-order valence-corrected chi connectivity index (χ4v) is 4.07. The van der Waals surface area contributed by atoms with Crippen molar-refractivity contribution in [3.8, 4) is 5.75 Å². The summed E-state index contributed by atoms with van der Waals surface area (Å²) in [6, 6.07) is 5.19. The second kappa shape index (κ2) is 12.2. The van der Waals surface area contributed by atoms with Crippen molar-refractivity contribution in [1.82, 2.24) is 9.80 Å². The molecule has 3 amide bonds. The second-order valence-electron chi connectivity index (χ2n) is 9.09. The third-order valence-electron chi connectivity index (χ3n) is 5.78. The maximum Gasteiger partial charge on any atom is 0.416 e. The minimum absolute atomic E-state index is 0.0638. The third kappa shape index (κ3) is 8.84. The van der Waals surface area contributed by atoms with Gasteiger partial charge >= 0.3 is 18.5 Å². The number of hydrogen-bond donors (Lipinski definition) is 0. The van der Waals surface area contributed by atoms with Gasteiger partial charge in [0, 0.05) is 23.2 Å². The number of oxime groups is 1. The Balaban J connectivity index is 1.84. The van der Waals surface area contributed by atoms with Crippen LogP contribution in [-0.2, 0) is 15.8 Å². The quantitative estimate of drug-likeness (QED) is 0.159. The maximum atomic E-state index is 13.3. The van der Waals surface area contributed by atoms with E-state index in [0.29, 0.717) is 17.0 Å². The Bertz CT molecular complexity index is 1390. The Morgan fingerprint density at radius 2 is 1.55 bits per heavy atom. The van der Waals surface area contributed by atoms with Crippen molar-refractivity contribution in [1.29, 1.82) is 0 Å². The number of carbonyl (C=O) groups excluding carboxylic acids is 3. The van der Waals surface area contributed by atoms with Gasteiger partial charge in [0.05, 0.1) is 24.1 Å². The first-order valence-corrected chi connectivity index (χ1v) is 12.1. The van der Waals surface area contributed by atoms with E-state index >= 15 is 0 Å². The van der Waals surface area contributed by atoms with Crippen molar-refractivity contribution in [3.05, 3.63) is 63.7 Å². The SMILES string of the molecule is Cc1cc(/C(CC(F)(F)F)=N/Oc2cc(Cl)cc(C(F)(F)F)c2)ccc1C(=O)N1CC(=O)N(CCC(F)(F)F)C(=O)C1. The number of halogens is 10. The maximum absolute atomic E-state index is 13.3. The monoisotopic (exact) mass is 631 g/mol. The lowest BCUT2D eigenvalue weighted by molar-refractivity contribution is -0.157. The van der Waals surface area contributed by atoms with E-state index < -0.39 is 90.8 Å². The van der Waals surface area contributed by atoms with Crippen LogP contribution in [0.15, 0.2) is 41.6 Å². The molecule has 1 saturated heterocycles. The summed E-state index contributed by atoms with van der Waals surface area (Å²) in [4.78, 5) is 43.5. The van der Waals surface area contributed by atoms with Gasteiger partial charge in [0.2, 0.25) is 11.8 Å². The van der Waals surface area contributed by atoms with E-state index in [4.69, 9.17) is 16.4 Å². The Morgan fingerprint density at radius 3 is 2.07 bits per heavy atom. The van der Waals surface area contributed by atoms with Crippen LogP contribution in [0.25, 0.3) is 0 Å². The summed E-state index contributed by atoms with van der Waals surface area (Å²) in [6.07, 6.45) is -17.4. The fraction of sp³-hybridized carbons (Fsp3) is 0.360. The number of piperazine rings is 1.